The largest absolute Gasteiger partial charge is 0.469 e. The molecule has 1 heterocycles. The van der Waals surface area contributed by atoms with Crippen LogP contribution in [-0.4, -0.2) is 55.7 Å². The topological polar surface area (TPSA) is 134 Å². The summed E-state index contributed by atoms with van der Waals surface area (Å²) in [5.74, 6) is -2.68. The number of hydrogen-bond acceptors (Lipinski definition) is 8. The molecular weight excluding hydrogens is 372 g/mol. The lowest BCUT2D eigenvalue weighted by atomic mass is 9.88. The van der Waals surface area contributed by atoms with E-state index in [1.165, 1.54) is 38.5 Å². The number of nitro benzene ring substituents is 1. The second-order valence-electron chi connectivity index (χ2n) is 6.25. The monoisotopic (exact) mass is 394 g/mol. The van der Waals surface area contributed by atoms with E-state index in [9.17, 15) is 24.5 Å². The van der Waals surface area contributed by atoms with Gasteiger partial charge >= 0.3 is 11.9 Å². The second-order valence-corrected chi connectivity index (χ2v) is 6.25. The Balaban J connectivity index is 2.33. The Morgan fingerprint density at radius 3 is 2.43 bits per heavy atom. The second kappa shape index (κ2) is 9.79. The zero-order chi connectivity index (χ0) is 20.7. The summed E-state index contributed by atoms with van der Waals surface area (Å²) in [4.78, 5) is 47.1. The van der Waals surface area contributed by atoms with Crippen molar-refractivity contribution in [2.45, 2.75) is 37.3 Å². The lowest BCUT2D eigenvalue weighted by Gasteiger charge is -2.26. The average molecular weight is 394 g/mol. The van der Waals surface area contributed by atoms with Crippen molar-refractivity contribution in [1.29, 1.82) is 0 Å². The number of amides is 1. The first-order chi connectivity index (χ1) is 13.4. The van der Waals surface area contributed by atoms with E-state index in [0.29, 0.717) is 18.6 Å². The van der Waals surface area contributed by atoms with E-state index in [0.717, 1.165) is 6.42 Å². The molecule has 1 aromatic carbocycles. The maximum absolute atomic E-state index is 12.5. The molecule has 1 aliphatic rings. The SMILES string of the molecule is COC(=O)C[C@H](c1ccc([N+](=O)[O-])cc1)[C@@H](NC(=O)[C@H]1CCCO1)C(=O)OC. The summed E-state index contributed by atoms with van der Waals surface area (Å²) in [5, 5.41) is 13.5. The molecule has 0 spiro atoms. The molecule has 0 bridgehead atoms. The molecule has 1 fully saturated rings. The number of non-ortho nitro benzene ring substituents is 1. The Labute approximate surface area is 161 Å². The van der Waals surface area contributed by atoms with Gasteiger partial charge in [0.1, 0.15) is 12.1 Å². The van der Waals surface area contributed by atoms with Gasteiger partial charge in [-0.3, -0.25) is 19.7 Å². The van der Waals surface area contributed by atoms with Crippen molar-refractivity contribution in [2.24, 2.45) is 0 Å². The van der Waals surface area contributed by atoms with E-state index >= 15 is 0 Å². The maximum atomic E-state index is 12.5. The number of ether oxygens (including phenoxy) is 3. The number of carbonyl (C=O) groups is 3. The molecule has 152 valence electrons. The molecule has 1 saturated heterocycles. The number of nitro groups is 1. The molecule has 0 aromatic heterocycles. The first kappa shape index (κ1) is 21.3. The lowest BCUT2D eigenvalue weighted by Crippen LogP contribution is -2.49. The molecule has 10 heteroatoms. The first-order valence-electron chi connectivity index (χ1n) is 8.68. The molecule has 10 nitrogen and oxygen atoms in total. The Hall–Kier alpha value is -3.01. The molecule has 2 rings (SSSR count). The predicted octanol–water partition coefficient (Wildman–Crippen LogP) is 1.08. The van der Waals surface area contributed by atoms with Crippen molar-refractivity contribution in [3.63, 3.8) is 0 Å². The Morgan fingerprint density at radius 2 is 1.93 bits per heavy atom. The summed E-state index contributed by atoms with van der Waals surface area (Å²) in [6.45, 7) is 0.453. The minimum absolute atomic E-state index is 0.140. The van der Waals surface area contributed by atoms with Crippen LogP contribution in [0.4, 0.5) is 5.69 Å². The number of esters is 2. The van der Waals surface area contributed by atoms with Gasteiger partial charge in [0.25, 0.3) is 5.69 Å². The number of nitrogens with zero attached hydrogens (tertiary/aromatic N) is 1. The van der Waals surface area contributed by atoms with Gasteiger partial charge in [-0.1, -0.05) is 12.1 Å². The van der Waals surface area contributed by atoms with Crippen LogP contribution < -0.4 is 5.32 Å². The average Bonchev–Trinajstić information content (AvgIpc) is 3.24. The van der Waals surface area contributed by atoms with Crippen LogP contribution in [0, 0.1) is 10.1 Å². The third kappa shape index (κ3) is 5.26. The van der Waals surface area contributed by atoms with Crippen LogP contribution in [0.2, 0.25) is 0 Å². The quantitative estimate of drug-likeness (QED) is 0.393. The van der Waals surface area contributed by atoms with Crippen LogP contribution in [0.15, 0.2) is 24.3 Å². The molecule has 1 aromatic rings. The summed E-state index contributed by atoms with van der Waals surface area (Å²) in [7, 11) is 2.37. The molecule has 0 radical (unpaired) electrons. The zero-order valence-electron chi connectivity index (χ0n) is 15.6. The van der Waals surface area contributed by atoms with Crippen molar-refractivity contribution in [2.75, 3.05) is 20.8 Å². The van der Waals surface area contributed by atoms with E-state index < -0.39 is 40.8 Å². The molecular formula is C18H22N2O8. The van der Waals surface area contributed by atoms with Crippen LogP contribution in [-0.2, 0) is 28.6 Å². The minimum atomic E-state index is -1.19. The number of nitrogens with one attached hydrogen (secondary N) is 1. The summed E-state index contributed by atoms with van der Waals surface area (Å²) >= 11 is 0. The predicted molar refractivity (Wildman–Crippen MR) is 95.4 cm³/mol. The fourth-order valence-corrected chi connectivity index (χ4v) is 3.02. The van der Waals surface area contributed by atoms with Gasteiger partial charge in [-0.15, -0.1) is 0 Å². The van der Waals surface area contributed by atoms with E-state index in [1.807, 2.05) is 0 Å². The zero-order valence-corrected chi connectivity index (χ0v) is 15.6. The molecule has 28 heavy (non-hydrogen) atoms. The van der Waals surface area contributed by atoms with Crippen LogP contribution in [0.25, 0.3) is 0 Å². The Kier molecular flexibility index (Phi) is 7.44. The molecule has 0 unspecified atom stereocenters. The Morgan fingerprint density at radius 1 is 1.25 bits per heavy atom. The van der Waals surface area contributed by atoms with Crippen molar-refractivity contribution >= 4 is 23.5 Å². The van der Waals surface area contributed by atoms with Gasteiger partial charge in [0.15, 0.2) is 0 Å². The van der Waals surface area contributed by atoms with Crippen molar-refractivity contribution < 1.29 is 33.5 Å². The number of methoxy groups -OCH3 is 2. The molecule has 0 saturated carbocycles. The number of hydrogen-bond donors (Lipinski definition) is 1. The molecule has 3 atom stereocenters. The van der Waals surface area contributed by atoms with Crippen molar-refractivity contribution in [3.8, 4) is 0 Å². The summed E-state index contributed by atoms with van der Waals surface area (Å²) in [6, 6.07) is 4.19. The van der Waals surface area contributed by atoms with Gasteiger partial charge in [-0.2, -0.15) is 0 Å². The van der Waals surface area contributed by atoms with E-state index in [4.69, 9.17) is 14.2 Å². The molecule has 1 amide bonds. The third-order valence-corrected chi connectivity index (χ3v) is 4.52. The number of carbonyl (C=O) groups excluding carboxylic acids is 3. The van der Waals surface area contributed by atoms with Crippen LogP contribution in [0.3, 0.4) is 0 Å². The highest BCUT2D eigenvalue weighted by Gasteiger charge is 2.36. The third-order valence-electron chi connectivity index (χ3n) is 4.52. The number of benzene rings is 1. The molecule has 1 aliphatic heterocycles. The summed E-state index contributed by atoms with van der Waals surface area (Å²) in [6.07, 6.45) is 0.344. The fourth-order valence-electron chi connectivity index (χ4n) is 3.02. The smallest absolute Gasteiger partial charge is 0.329 e. The Bertz CT molecular complexity index is 728. The number of rotatable bonds is 8. The highest BCUT2D eigenvalue weighted by atomic mass is 16.6. The highest BCUT2D eigenvalue weighted by Crippen LogP contribution is 2.27. The van der Waals surface area contributed by atoms with E-state index in [2.05, 4.69) is 5.32 Å². The van der Waals surface area contributed by atoms with Gasteiger partial charge in [0, 0.05) is 24.7 Å². The van der Waals surface area contributed by atoms with Crippen LogP contribution >= 0.6 is 0 Å². The minimum Gasteiger partial charge on any atom is -0.469 e. The van der Waals surface area contributed by atoms with Crippen molar-refractivity contribution in [1.82, 2.24) is 5.32 Å². The van der Waals surface area contributed by atoms with Crippen LogP contribution in [0.5, 0.6) is 0 Å². The van der Waals surface area contributed by atoms with Gasteiger partial charge in [0.05, 0.1) is 25.6 Å². The van der Waals surface area contributed by atoms with Gasteiger partial charge in [-0.05, 0) is 18.4 Å². The fraction of sp³-hybridized carbons (Fsp3) is 0.500. The maximum Gasteiger partial charge on any atom is 0.329 e. The summed E-state index contributed by atoms with van der Waals surface area (Å²) < 4.78 is 14.8. The first-order valence-corrected chi connectivity index (χ1v) is 8.68. The molecule has 1 N–H and O–H groups in total. The van der Waals surface area contributed by atoms with E-state index in [1.54, 1.807) is 0 Å². The summed E-state index contributed by atoms with van der Waals surface area (Å²) in [5.41, 5.74) is 0.303. The van der Waals surface area contributed by atoms with Gasteiger partial charge in [0.2, 0.25) is 5.91 Å². The van der Waals surface area contributed by atoms with Gasteiger partial charge in [-0.25, -0.2) is 4.79 Å². The van der Waals surface area contributed by atoms with E-state index in [-0.39, 0.29) is 12.1 Å². The lowest BCUT2D eigenvalue weighted by molar-refractivity contribution is -0.384. The van der Waals surface area contributed by atoms with Crippen molar-refractivity contribution in [3.05, 3.63) is 39.9 Å². The normalized spacial score (nSPS) is 18.0. The molecule has 0 aliphatic carbocycles. The van der Waals surface area contributed by atoms with Gasteiger partial charge < -0.3 is 19.5 Å². The standard InChI is InChI=1S/C18H22N2O8/c1-26-15(21)10-13(11-5-7-12(8-6-11)20(24)25)16(18(23)27-2)19-17(22)14-4-3-9-28-14/h5-8,13-14,16H,3-4,9-10H2,1-2H3,(H,19,22)/t13-,14-,16-/m1/s1. The van der Waals surface area contributed by atoms with Crippen LogP contribution in [0.1, 0.15) is 30.7 Å². The highest BCUT2D eigenvalue weighted by molar-refractivity contribution is 5.88.